The molecule has 0 spiro atoms. The van der Waals surface area contributed by atoms with Crippen LogP contribution in [0, 0.1) is 0 Å². The van der Waals surface area contributed by atoms with E-state index in [1.165, 1.54) is 25.3 Å². The number of hydrogen-bond acceptors (Lipinski definition) is 3. The fraction of sp³-hybridized carbons (Fsp3) is 0.500. The van der Waals surface area contributed by atoms with Crippen molar-refractivity contribution in [3.63, 3.8) is 0 Å². The number of amides is 1. The Kier molecular flexibility index (Phi) is 6.51. The number of halogens is 3. The first kappa shape index (κ1) is 17.8. The van der Waals surface area contributed by atoms with Crippen molar-refractivity contribution in [2.24, 2.45) is 0 Å². The maximum atomic E-state index is 12.6. The van der Waals surface area contributed by atoms with E-state index in [1.54, 1.807) is 6.07 Å². The monoisotopic (exact) mass is 320 g/mol. The van der Waals surface area contributed by atoms with Crippen LogP contribution in [0.15, 0.2) is 24.3 Å². The molecule has 1 aliphatic heterocycles. The Balaban J connectivity index is 0.00000220. The van der Waals surface area contributed by atoms with Crippen LogP contribution in [-0.2, 0) is 9.53 Å². The van der Waals surface area contributed by atoms with Crippen molar-refractivity contribution in [1.29, 1.82) is 0 Å². The number of benzene rings is 1. The van der Waals surface area contributed by atoms with Gasteiger partial charge in [-0.1, -0.05) is 12.1 Å². The summed E-state index contributed by atoms with van der Waals surface area (Å²) in [6, 6.07) is 5.71. The second-order valence-corrected chi connectivity index (χ2v) is 4.83. The molecule has 1 heterocycles. The SMILES string of the molecule is COC1(C(=O)Nc2cccc(C(F)F)c2)CCNCC1.Cl. The number of ether oxygens (including phenoxy) is 1. The molecule has 4 nitrogen and oxygen atoms in total. The van der Waals surface area contributed by atoms with Crippen LogP contribution in [0.3, 0.4) is 0 Å². The molecule has 21 heavy (non-hydrogen) atoms. The highest BCUT2D eigenvalue weighted by Crippen LogP contribution is 2.26. The van der Waals surface area contributed by atoms with Crippen LogP contribution in [0.1, 0.15) is 24.8 Å². The summed E-state index contributed by atoms with van der Waals surface area (Å²) in [6.45, 7) is 1.39. The van der Waals surface area contributed by atoms with Crippen LogP contribution in [0.5, 0.6) is 0 Å². The van der Waals surface area contributed by atoms with E-state index >= 15 is 0 Å². The van der Waals surface area contributed by atoms with E-state index in [4.69, 9.17) is 4.74 Å². The molecule has 2 N–H and O–H groups in total. The summed E-state index contributed by atoms with van der Waals surface area (Å²) in [7, 11) is 1.50. The third kappa shape index (κ3) is 4.12. The molecule has 0 aliphatic carbocycles. The molecule has 1 aromatic rings. The zero-order valence-electron chi connectivity index (χ0n) is 11.7. The summed E-state index contributed by atoms with van der Waals surface area (Å²) < 4.78 is 30.7. The van der Waals surface area contributed by atoms with Crippen molar-refractivity contribution in [2.45, 2.75) is 24.9 Å². The third-order valence-electron chi connectivity index (χ3n) is 3.61. The zero-order chi connectivity index (χ0) is 14.6. The Morgan fingerprint density at radius 1 is 1.38 bits per heavy atom. The van der Waals surface area contributed by atoms with Gasteiger partial charge in [0, 0.05) is 18.4 Å². The molecule has 0 atom stereocenters. The smallest absolute Gasteiger partial charge is 0.263 e. The van der Waals surface area contributed by atoms with Gasteiger partial charge in [-0.25, -0.2) is 8.78 Å². The Morgan fingerprint density at radius 3 is 2.62 bits per heavy atom. The summed E-state index contributed by atoms with van der Waals surface area (Å²) in [5.41, 5.74) is -0.631. The van der Waals surface area contributed by atoms with Gasteiger partial charge < -0.3 is 15.4 Å². The summed E-state index contributed by atoms with van der Waals surface area (Å²) in [5.74, 6) is -0.284. The fourth-order valence-electron chi connectivity index (χ4n) is 2.35. The molecular weight excluding hydrogens is 302 g/mol. The van der Waals surface area contributed by atoms with Gasteiger partial charge in [0.2, 0.25) is 0 Å². The van der Waals surface area contributed by atoms with Gasteiger partial charge in [0.15, 0.2) is 0 Å². The van der Waals surface area contributed by atoms with Crippen molar-refractivity contribution in [3.8, 4) is 0 Å². The predicted molar refractivity (Wildman–Crippen MR) is 79.1 cm³/mol. The number of alkyl halides is 2. The number of anilines is 1. The largest absolute Gasteiger partial charge is 0.368 e. The first-order chi connectivity index (χ1) is 9.57. The second-order valence-electron chi connectivity index (χ2n) is 4.83. The van der Waals surface area contributed by atoms with Crippen molar-refractivity contribution >= 4 is 24.0 Å². The molecule has 0 aromatic heterocycles. The van der Waals surface area contributed by atoms with E-state index in [-0.39, 0.29) is 23.9 Å². The molecule has 118 valence electrons. The molecule has 1 aliphatic rings. The first-order valence-corrected chi connectivity index (χ1v) is 6.53. The molecule has 7 heteroatoms. The maximum absolute atomic E-state index is 12.6. The second kappa shape index (κ2) is 7.68. The minimum absolute atomic E-state index is 0. The summed E-state index contributed by atoms with van der Waals surface area (Å²) in [4.78, 5) is 12.4. The quantitative estimate of drug-likeness (QED) is 0.897. The summed E-state index contributed by atoms with van der Waals surface area (Å²) >= 11 is 0. The Labute approximate surface area is 128 Å². The van der Waals surface area contributed by atoms with E-state index in [0.29, 0.717) is 31.6 Å². The highest BCUT2D eigenvalue weighted by Gasteiger charge is 2.39. The van der Waals surface area contributed by atoms with Crippen LogP contribution in [0.2, 0.25) is 0 Å². The molecule has 0 bridgehead atoms. The van der Waals surface area contributed by atoms with Crippen LogP contribution in [0.25, 0.3) is 0 Å². The highest BCUT2D eigenvalue weighted by atomic mass is 35.5. The lowest BCUT2D eigenvalue weighted by Crippen LogP contribution is -2.51. The molecule has 1 saturated heterocycles. The van der Waals surface area contributed by atoms with Gasteiger partial charge in [0.1, 0.15) is 5.60 Å². The molecule has 2 rings (SSSR count). The van der Waals surface area contributed by atoms with Gasteiger partial charge in [0.05, 0.1) is 0 Å². The number of methoxy groups -OCH3 is 1. The number of carbonyl (C=O) groups excluding carboxylic acids is 1. The number of hydrogen-bond donors (Lipinski definition) is 2. The Bertz CT molecular complexity index is 480. The molecule has 1 fully saturated rings. The molecule has 0 unspecified atom stereocenters. The van der Waals surface area contributed by atoms with Crippen molar-refractivity contribution in [2.75, 3.05) is 25.5 Å². The van der Waals surface area contributed by atoms with Crippen LogP contribution in [0.4, 0.5) is 14.5 Å². The normalized spacial score (nSPS) is 17.1. The van der Waals surface area contributed by atoms with Gasteiger partial charge in [-0.15, -0.1) is 12.4 Å². The number of rotatable bonds is 4. The van der Waals surface area contributed by atoms with Gasteiger partial charge in [-0.3, -0.25) is 4.79 Å². The van der Waals surface area contributed by atoms with Crippen molar-refractivity contribution < 1.29 is 18.3 Å². The predicted octanol–water partition coefficient (Wildman–Crippen LogP) is 2.75. The Hall–Kier alpha value is -1.24. The number of carbonyl (C=O) groups is 1. The molecule has 1 aromatic carbocycles. The van der Waals surface area contributed by atoms with Crippen LogP contribution >= 0.6 is 12.4 Å². The molecule has 1 amide bonds. The van der Waals surface area contributed by atoms with Crippen LogP contribution < -0.4 is 10.6 Å². The lowest BCUT2D eigenvalue weighted by Gasteiger charge is -2.34. The van der Waals surface area contributed by atoms with Gasteiger partial charge in [-0.2, -0.15) is 0 Å². The van der Waals surface area contributed by atoms with Gasteiger partial charge in [-0.05, 0) is 38.1 Å². The highest BCUT2D eigenvalue weighted by molar-refractivity contribution is 5.97. The maximum Gasteiger partial charge on any atom is 0.263 e. The van der Waals surface area contributed by atoms with Crippen molar-refractivity contribution in [3.05, 3.63) is 29.8 Å². The van der Waals surface area contributed by atoms with Gasteiger partial charge >= 0.3 is 0 Å². The van der Waals surface area contributed by atoms with E-state index in [9.17, 15) is 13.6 Å². The topological polar surface area (TPSA) is 50.4 Å². The van der Waals surface area contributed by atoms with E-state index in [2.05, 4.69) is 10.6 Å². The van der Waals surface area contributed by atoms with Crippen molar-refractivity contribution in [1.82, 2.24) is 5.32 Å². The lowest BCUT2D eigenvalue weighted by atomic mass is 9.91. The lowest BCUT2D eigenvalue weighted by molar-refractivity contribution is -0.140. The number of piperidine rings is 1. The zero-order valence-corrected chi connectivity index (χ0v) is 12.5. The minimum Gasteiger partial charge on any atom is -0.368 e. The third-order valence-corrected chi connectivity index (χ3v) is 3.61. The van der Waals surface area contributed by atoms with E-state index in [1.807, 2.05) is 0 Å². The van der Waals surface area contributed by atoms with E-state index in [0.717, 1.165) is 0 Å². The average molecular weight is 321 g/mol. The Morgan fingerprint density at radius 2 is 2.05 bits per heavy atom. The fourth-order valence-corrected chi connectivity index (χ4v) is 2.35. The first-order valence-electron chi connectivity index (χ1n) is 6.53. The molecule has 0 radical (unpaired) electrons. The molecular formula is C14H19ClF2N2O2. The standard InChI is InChI=1S/C14H18F2N2O2.ClH/c1-20-14(5-7-17-8-6-14)13(19)18-11-4-2-3-10(9-11)12(15)16;/h2-4,9,12,17H,5-8H2,1H3,(H,18,19);1H. The summed E-state index contributed by atoms with van der Waals surface area (Å²) in [5, 5.41) is 5.83. The summed E-state index contributed by atoms with van der Waals surface area (Å²) in [6.07, 6.45) is -1.43. The van der Waals surface area contributed by atoms with Gasteiger partial charge in [0.25, 0.3) is 12.3 Å². The minimum atomic E-state index is -2.55. The number of nitrogens with one attached hydrogen (secondary N) is 2. The van der Waals surface area contributed by atoms with Crippen LogP contribution in [-0.4, -0.2) is 31.7 Å². The average Bonchev–Trinajstić information content (AvgIpc) is 2.48. The van der Waals surface area contributed by atoms with E-state index < -0.39 is 12.0 Å². The molecule has 0 saturated carbocycles.